The third-order valence-electron chi connectivity index (χ3n) is 6.69. The SMILES string of the molecule is C[C@@H]1C[C@](O)(c2ncc(-c3cc(Nc4nccc(C(F)(F)F)n4)cc(-c4cn[nH]c4)c3)s2)CC[C@@H]1C(=O)O. The van der Waals surface area contributed by atoms with Gasteiger partial charge in [0.1, 0.15) is 16.3 Å². The van der Waals surface area contributed by atoms with Crippen molar-refractivity contribution in [2.24, 2.45) is 11.8 Å². The lowest BCUT2D eigenvalue weighted by Gasteiger charge is -2.37. The number of anilines is 2. The van der Waals surface area contributed by atoms with Crippen molar-refractivity contribution in [1.82, 2.24) is 25.1 Å². The first-order chi connectivity index (χ1) is 18.0. The molecule has 0 radical (unpaired) electrons. The molecule has 1 fully saturated rings. The Labute approximate surface area is 218 Å². The molecule has 3 heterocycles. The van der Waals surface area contributed by atoms with Crippen LogP contribution in [0.2, 0.25) is 0 Å². The van der Waals surface area contributed by atoms with Gasteiger partial charge in [0.05, 0.1) is 17.0 Å². The molecule has 0 unspecified atom stereocenters. The van der Waals surface area contributed by atoms with Gasteiger partial charge in [0.15, 0.2) is 0 Å². The fourth-order valence-corrected chi connectivity index (χ4v) is 5.79. The summed E-state index contributed by atoms with van der Waals surface area (Å²) in [5, 5.41) is 30.8. The highest BCUT2D eigenvalue weighted by molar-refractivity contribution is 7.15. The van der Waals surface area contributed by atoms with E-state index < -0.39 is 29.4 Å². The fraction of sp³-hybridized carbons (Fsp3) is 0.320. The monoisotopic (exact) mass is 544 g/mol. The summed E-state index contributed by atoms with van der Waals surface area (Å²) in [4.78, 5) is 24.2. The highest BCUT2D eigenvalue weighted by atomic mass is 32.1. The highest BCUT2D eigenvalue weighted by Gasteiger charge is 2.43. The van der Waals surface area contributed by atoms with E-state index in [1.807, 2.05) is 13.0 Å². The van der Waals surface area contributed by atoms with Crippen molar-refractivity contribution in [2.45, 2.75) is 38.0 Å². The number of nitrogens with zero attached hydrogens (tertiary/aromatic N) is 4. The molecule has 1 aromatic carbocycles. The second-order valence-corrected chi connectivity index (χ2v) is 10.4. The molecule has 3 aromatic heterocycles. The number of nitrogens with one attached hydrogen (secondary N) is 2. The van der Waals surface area contributed by atoms with Crippen LogP contribution in [0.4, 0.5) is 24.8 Å². The Hall–Kier alpha value is -3.84. The molecule has 3 atom stereocenters. The lowest BCUT2D eigenvalue weighted by molar-refractivity contribution is -0.148. The number of hydrogen-bond donors (Lipinski definition) is 4. The van der Waals surface area contributed by atoms with Crippen LogP contribution in [0.3, 0.4) is 0 Å². The van der Waals surface area contributed by atoms with E-state index in [1.165, 1.54) is 11.3 Å². The molecule has 1 aliphatic carbocycles. The number of thiazole rings is 1. The van der Waals surface area contributed by atoms with Gasteiger partial charge in [0.25, 0.3) is 0 Å². The van der Waals surface area contributed by atoms with E-state index in [2.05, 4.69) is 30.5 Å². The van der Waals surface area contributed by atoms with Crippen LogP contribution in [0.5, 0.6) is 0 Å². The molecule has 38 heavy (non-hydrogen) atoms. The van der Waals surface area contributed by atoms with Crippen molar-refractivity contribution in [2.75, 3.05) is 5.32 Å². The van der Waals surface area contributed by atoms with Crippen LogP contribution in [0, 0.1) is 11.8 Å². The first-order valence-electron chi connectivity index (χ1n) is 11.8. The van der Waals surface area contributed by atoms with Crippen molar-refractivity contribution >= 4 is 28.9 Å². The van der Waals surface area contributed by atoms with Crippen molar-refractivity contribution in [3.8, 4) is 21.6 Å². The Morgan fingerprint density at radius 3 is 2.66 bits per heavy atom. The Morgan fingerprint density at radius 2 is 1.97 bits per heavy atom. The molecule has 4 N–H and O–H groups in total. The largest absolute Gasteiger partial charge is 0.481 e. The average Bonchev–Trinajstić information content (AvgIpc) is 3.56. The molecular formula is C25H23F3N6O3S. The van der Waals surface area contributed by atoms with Crippen LogP contribution < -0.4 is 5.32 Å². The Bertz CT molecular complexity index is 1460. The van der Waals surface area contributed by atoms with Gasteiger partial charge in [-0.25, -0.2) is 15.0 Å². The average molecular weight is 545 g/mol. The molecule has 1 saturated carbocycles. The second-order valence-electron chi connectivity index (χ2n) is 9.40. The third kappa shape index (κ3) is 5.24. The molecule has 13 heteroatoms. The van der Waals surface area contributed by atoms with Crippen LogP contribution in [0.25, 0.3) is 21.6 Å². The zero-order valence-electron chi connectivity index (χ0n) is 20.0. The minimum Gasteiger partial charge on any atom is -0.481 e. The van der Waals surface area contributed by atoms with E-state index in [9.17, 15) is 28.2 Å². The number of alkyl halides is 3. The van der Waals surface area contributed by atoms with E-state index >= 15 is 0 Å². The van der Waals surface area contributed by atoms with Gasteiger partial charge in [-0.3, -0.25) is 9.89 Å². The molecule has 4 aromatic rings. The Morgan fingerprint density at radius 1 is 1.18 bits per heavy atom. The number of benzene rings is 1. The summed E-state index contributed by atoms with van der Waals surface area (Å²) in [5.41, 5.74) is 0.344. The molecule has 0 spiro atoms. The number of aliphatic carboxylic acids is 1. The van der Waals surface area contributed by atoms with Gasteiger partial charge in [-0.15, -0.1) is 11.3 Å². The number of carboxylic acid groups (broad SMARTS) is 1. The summed E-state index contributed by atoms with van der Waals surface area (Å²) in [6.45, 7) is 1.82. The van der Waals surface area contributed by atoms with Gasteiger partial charge >= 0.3 is 12.1 Å². The summed E-state index contributed by atoms with van der Waals surface area (Å²) < 4.78 is 39.4. The smallest absolute Gasteiger partial charge is 0.433 e. The van der Waals surface area contributed by atoms with Crippen LogP contribution in [0.1, 0.15) is 36.9 Å². The number of rotatable bonds is 6. The van der Waals surface area contributed by atoms with E-state index in [-0.39, 0.29) is 24.7 Å². The predicted molar refractivity (Wildman–Crippen MR) is 133 cm³/mol. The fourth-order valence-electron chi connectivity index (χ4n) is 4.76. The molecule has 0 bridgehead atoms. The zero-order chi connectivity index (χ0) is 27.1. The maximum absolute atomic E-state index is 13.1. The molecule has 0 saturated heterocycles. The third-order valence-corrected chi connectivity index (χ3v) is 7.93. The number of H-pyrrole nitrogens is 1. The van der Waals surface area contributed by atoms with Gasteiger partial charge in [0.2, 0.25) is 5.95 Å². The van der Waals surface area contributed by atoms with E-state index in [4.69, 9.17) is 0 Å². The normalized spacial score (nSPS) is 21.8. The molecule has 0 amide bonds. The molecule has 9 nitrogen and oxygen atoms in total. The number of carboxylic acids is 1. The molecule has 0 aliphatic heterocycles. The maximum Gasteiger partial charge on any atom is 0.433 e. The topological polar surface area (TPSA) is 137 Å². The minimum absolute atomic E-state index is 0.210. The number of aliphatic hydroxyl groups is 1. The minimum atomic E-state index is -4.61. The van der Waals surface area contributed by atoms with Crippen LogP contribution >= 0.6 is 11.3 Å². The first-order valence-corrected chi connectivity index (χ1v) is 12.6. The molecular weight excluding hydrogens is 521 g/mol. The number of halogens is 3. The molecule has 5 rings (SSSR count). The van der Waals surface area contributed by atoms with Crippen molar-refractivity contribution < 1.29 is 28.2 Å². The summed E-state index contributed by atoms with van der Waals surface area (Å²) in [5.74, 6) is -1.79. The predicted octanol–water partition coefficient (Wildman–Crippen LogP) is 5.46. The summed E-state index contributed by atoms with van der Waals surface area (Å²) >= 11 is 1.29. The van der Waals surface area contributed by atoms with Crippen molar-refractivity contribution in [1.29, 1.82) is 0 Å². The van der Waals surface area contributed by atoms with Crippen LogP contribution in [-0.4, -0.2) is 41.3 Å². The van der Waals surface area contributed by atoms with E-state index in [0.29, 0.717) is 22.7 Å². The highest BCUT2D eigenvalue weighted by Crippen LogP contribution is 2.45. The standard InChI is InChI=1S/C25H23F3N6O3S/c1-13-9-24(37,4-2-18(13)21(35)36)22-30-12-19(38-22)15-6-14(16-10-31-32-11-16)7-17(8-15)33-23-29-5-3-20(34-23)25(26,27)28/h3,5-8,10-13,18,37H,2,4,9H2,1H3,(H,31,32)(H,35,36)(H,29,33,34)/t13-,18+,24+/m1/s1. The van der Waals surface area contributed by atoms with Gasteiger partial charge in [-0.05, 0) is 60.6 Å². The maximum atomic E-state index is 13.1. The van der Waals surface area contributed by atoms with Crippen molar-refractivity contribution in [3.05, 3.63) is 59.8 Å². The molecule has 1 aliphatic rings. The van der Waals surface area contributed by atoms with Gasteiger partial charge in [-0.1, -0.05) is 6.92 Å². The van der Waals surface area contributed by atoms with Gasteiger partial charge in [-0.2, -0.15) is 18.3 Å². The lowest BCUT2D eigenvalue weighted by atomic mass is 9.72. The quantitative estimate of drug-likeness (QED) is 0.251. The summed E-state index contributed by atoms with van der Waals surface area (Å²) in [6.07, 6.45) is 2.29. The number of aromatic nitrogens is 5. The molecule has 198 valence electrons. The number of aromatic amines is 1. The van der Waals surface area contributed by atoms with Gasteiger partial charge in [0, 0.05) is 29.8 Å². The van der Waals surface area contributed by atoms with Crippen molar-refractivity contribution in [3.63, 3.8) is 0 Å². The van der Waals surface area contributed by atoms with E-state index in [1.54, 1.807) is 30.7 Å². The van der Waals surface area contributed by atoms with E-state index in [0.717, 1.165) is 28.3 Å². The van der Waals surface area contributed by atoms with Crippen LogP contribution in [0.15, 0.2) is 49.1 Å². The number of hydrogen-bond acceptors (Lipinski definition) is 8. The summed E-state index contributed by atoms with van der Waals surface area (Å²) in [6, 6.07) is 6.15. The Kier molecular flexibility index (Phi) is 6.65. The Balaban J connectivity index is 1.48. The summed E-state index contributed by atoms with van der Waals surface area (Å²) in [7, 11) is 0. The zero-order valence-corrected chi connectivity index (χ0v) is 20.8. The second kappa shape index (κ2) is 9.80. The first kappa shape index (κ1) is 25.8. The number of carbonyl (C=O) groups is 1. The van der Waals surface area contributed by atoms with Gasteiger partial charge < -0.3 is 15.5 Å². The lowest BCUT2D eigenvalue weighted by Crippen LogP contribution is -2.38. The van der Waals surface area contributed by atoms with Crippen LogP contribution in [-0.2, 0) is 16.6 Å².